The molecule has 0 spiro atoms. The molecule has 20 heavy (non-hydrogen) atoms. The first-order chi connectivity index (χ1) is 9.51. The van der Waals surface area contributed by atoms with Gasteiger partial charge in [0.25, 0.3) is 0 Å². The van der Waals surface area contributed by atoms with Crippen LogP contribution in [0, 0.1) is 11.3 Å². The third-order valence-electron chi connectivity index (χ3n) is 5.05. The van der Waals surface area contributed by atoms with E-state index in [0.717, 1.165) is 31.4 Å². The molecule has 3 atom stereocenters. The number of ether oxygens (including phenoxy) is 1. The van der Waals surface area contributed by atoms with Crippen molar-refractivity contribution < 1.29 is 14.6 Å². The monoisotopic (exact) mass is 276 g/mol. The molecule has 2 rings (SSSR count). The number of benzene rings is 1. The van der Waals surface area contributed by atoms with Gasteiger partial charge in [-0.25, -0.2) is 0 Å². The van der Waals surface area contributed by atoms with Crippen LogP contribution in [0.4, 0.5) is 0 Å². The minimum Gasteiger partial charge on any atom is -0.497 e. The zero-order chi connectivity index (χ0) is 14.8. The van der Waals surface area contributed by atoms with Crippen molar-refractivity contribution in [2.24, 2.45) is 11.3 Å². The molecule has 1 aromatic rings. The maximum absolute atomic E-state index is 11.6. The van der Waals surface area contributed by atoms with Crippen LogP contribution < -0.4 is 4.74 Å². The van der Waals surface area contributed by atoms with E-state index in [9.17, 15) is 9.90 Å². The Labute approximate surface area is 121 Å². The topological polar surface area (TPSA) is 46.5 Å². The molecule has 0 radical (unpaired) electrons. The Morgan fingerprint density at radius 1 is 1.40 bits per heavy atom. The van der Waals surface area contributed by atoms with Crippen LogP contribution in [-0.2, 0) is 4.79 Å². The fraction of sp³-hybridized carbons (Fsp3) is 0.588. The van der Waals surface area contributed by atoms with Gasteiger partial charge in [-0.05, 0) is 55.7 Å². The van der Waals surface area contributed by atoms with Crippen molar-refractivity contribution in [2.45, 2.75) is 45.4 Å². The number of carboxylic acids is 1. The van der Waals surface area contributed by atoms with E-state index in [0.29, 0.717) is 5.92 Å². The molecule has 3 unspecified atom stereocenters. The predicted octanol–water partition coefficient (Wildman–Crippen LogP) is 4.08. The number of carboxylic acid groups (broad SMARTS) is 1. The van der Waals surface area contributed by atoms with E-state index >= 15 is 0 Å². The summed E-state index contributed by atoms with van der Waals surface area (Å²) >= 11 is 0. The Morgan fingerprint density at radius 3 is 2.55 bits per heavy atom. The summed E-state index contributed by atoms with van der Waals surface area (Å²) in [6.45, 7) is 4.01. The fourth-order valence-corrected chi connectivity index (χ4v) is 3.48. The van der Waals surface area contributed by atoms with Gasteiger partial charge in [-0.1, -0.05) is 25.5 Å². The molecule has 0 aromatic heterocycles. The molecule has 0 heterocycles. The van der Waals surface area contributed by atoms with Crippen LogP contribution in [0.15, 0.2) is 24.3 Å². The van der Waals surface area contributed by atoms with Crippen LogP contribution in [0.2, 0.25) is 0 Å². The lowest BCUT2D eigenvalue weighted by Crippen LogP contribution is -2.40. The summed E-state index contributed by atoms with van der Waals surface area (Å²) in [6, 6.07) is 8.20. The van der Waals surface area contributed by atoms with Crippen molar-refractivity contribution >= 4 is 5.97 Å². The minimum absolute atomic E-state index is 0.251. The highest BCUT2D eigenvalue weighted by molar-refractivity contribution is 5.74. The summed E-state index contributed by atoms with van der Waals surface area (Å²) in [4.78, 5) is 11.6. The summed E-state index contributed by atoms with van der Waals surface area (Å²) in [7, 11) is 1.67. The molecule has 3 nitrogen and oxygen atoms in total. The first-order valence-electron chi connectivity index (χ1n) is 7.38. The Balaban J connectivity index is 2.15. The van der Waals surface area contributed by atoms with Gasteiger partial charge in [-0.3, -0.25) is 4.79 Å². The SMILES string of the molecule is CCC1CC(c2ccc(OC)cc2)CCC1(C)C(=O)O. The Morgan fingerprint density at radius 2 is 2.05 bits per heavy atom. The van der Waals surface area contributed by atoms with Gasteiger partial charge in [0, 0.05) is 0 Å². The van der Waals surface area contributed by atoms with Crippen LogP contribution in [0.25, 0.3) is 0 Å². The first-order valence-corrected chi connectivity index (χ1v) is 7.38. The number of carbonyl (C=O) groups is 1. The number of methoxy groups -OCH3 is 1. The van der Waals surface area contributed by atoms with E-state index in [1.807, 2.05) is 19.1 Å². The van der Waals surface area contributed by atoms with Crippen molar-refractivity contribution in [2.75, 3.05) is 7.11 Å². The molecule has 1 aromatic carbocycles. The van der Waals surface area contributed by atoms with Crippen LogP contribution in [-0.4, -0.2) is 18.2 Å². The molecular weight excluding hydrogens is 252 g/mol. The minimum atomic E-state index is -0.641. The fourth-order valence-electron chi connectivity index (χ4n) is 3.48. The zero-order valence-electron chi connectivity index (χ0n) is 12.6. The molecule has 1 saturated carbocycles. The van der Waals surface area contributed by atoms with Gasteiger partial charge in [0.15, 0.2) is 0 Å². The first kappa shape index (κ1) is 14.9. The van der Waals surface area contributed by atoms with Gasteiger partial charge in [-0.2, -0.15) is 0 Å². The number of hydrogen-bond donors (Lipinski definition) is 1. The highest BCUT2D eigenvalue weighted by atomic mass is 16.5. The third kappa shape index (κ3) is 2.67. The maximum atomic E-state index is 11.6. The Bertz CT molecular complexity index is 466. The molecule has 0 amide bonds. The largest absolute Gasteiger partial charge is 0.497 e. The van der Waals surface area contributed by atoms with Gasteiger partial charge in [0.1, 0.15) is 5.75 Å². The van der Waals surface area contributed by atoms with E-state index in [1.54, 1.807) is 7.11 Å². The standard InChI is InChI=1S/C17H24O3/c1-4-14-11-13(9-10-17(14,2)16(18)19)12-5-7-15(20-3)8-6-12/h5-8,13-14H,4,9-11H2,1-3H3,(H,18,19). The lowest BCUT2D eigenvalue weighted by molar-refractivity contribution is -0.154. The summed E-state index contributed by atoms with van der Waals surface area (Å²) in [5, 5.41) is 9.51. The Kier molecular flexibility index (Phi) is 4.36. The average Bonchev–Trinajstić information content (AvgIpc) is 2.47. The second kappa shape index (κ2) is 5.86. The highest BCUT2D eigenvalue weighted by Crippen LogP contribution is 2.48. The van der Waals surface area contributed by atoms with Crippen molar-refractivity contribution in [3.05, 3.63) is 29.8 Å². The van der Waals surface area contributed by atoms with Crippen molar-refractivity contribution in [3.63, 3.8) is 0 Å². The van der Waals surface area contributed by atoms with E-state index < -0.39 is 11.4 Å². The summed E-state index contributed by atoms with van der Waals surface area (Å²) in [6.07, 6.45) is 3.60. The maximum Gasteiger partial charge on any atom is 0.309 e. The summed E-state index contributed by atoms with van der Waals surface area (Å²) in [5.41, 5.74) is 0.745. The quantitative estimate of drug-likeness (QED) is 0.901. The van der Waals surface area contributed by atoms with Gasteiger partial charge in [0.05, 0.1) is 12.5 Å². The van der Waals surface area contributed by atoms with Gasteiger partial charge in [-0.15, -0.1) is 0 Å². The molecule has 1 fully saturated rings. The molecule has 3 heteroatoms. The molecule has 0 aliphatic heterocycles. The Hall–Kier alpha value is -1.51. The molecular formula is C17H24O3. The lowest BCUT2D eigenvalue weighted by atomic mass is 9.62. The third-order valence-corrected chi connectivity index (χ3v) is 5.05. The number of rotatable bonds is 4. The average molecular weight is 276 g/mol. The summed E-state index contributed by atoms with van der Waals surface area (Å²) in [5.74, 6) is 0.948. The lowest BCUT2D eigenvalue weighted by Gasteiger charge is -2.41. The predicted molar refractivity (Wildman–Crippen MR) is 79.1 cm³/mol. The second-order valence-corrected chi connectivity index (χ2v) is 6.07. The highest BCUT2D eigenvalue weighted by Gasteiger charge is 2.44. The van der Waals surface area contributed by atoms with Crippen LogP contribution >= 0.6 is 0 Å². The normalized spacial score (nSPS) is 29.9. The van der Waals surface area contributed by atoms with E-state index in [-0.39, 0.29) is 5.92 Å². The molecule has 1 N–H and O–H groups in total. The van der Waals surface area contributed by atoms with Crippen molar-refractivity contribution in [3.8, 4) is 5.75 Å². The zero-order valence-corrected chi connectivity index (χ0v) is 12.6. The van der Waals surface area contributed by atoms with Gasteiger partial charge in [0.2, 0.25) is 0 Å². The smallest absolute Gasteiger partial charge is 0.309 e. The molecule has 1 aliphatic carbocycles. The number of hydrogen-bond acceptors (Lipinski definition) is 2. The summed E-state index contributed by atoms with van der Waals surface area (Å²) < 4.78 is 5.19. The molecule has 0 saturated heterocycles. The molecule has 110 valence electrons. The van der Waals surface area contributed by atoms with Crippen LogP contribution in [0.3, 0.4) is 0 Å². The van der Waals surface area contributed by atoms with Crippen molar-refractivity contribution in [1.29, 1.82) is 0 Å². The van der Waals surface area contributed by atoms with Gasteiger partial charge < -0.3 is 9.84 Å². The van der Waals surface area contributed by atoms with E-state index in [1.165, 1.54) is 5.56 Å². The van der Waals surface area contributed by atoms with E-state index in [2.05, 4.69) is 19.1 Å². The molecule has 0 bridgehead atoms. The van der Waals surface area contributed by atoms with Crippen molar-refractivity contribution in [1.82, 2.24) is 0 Å². The van der Waals surface area contributed by atoms with Crippen LogP contribution in [0.5, 0.6) is 5.75 Å². The molecule has 1 aliphatic rings. The second-order valence-electron chi connectivity index (χ2n) is 6.07. The van der Waals surface area contributed by atoms with Gasteiger partial charge >= 0.3 is 5.97 Å². The number of aliphatic carboxylic acids is 1. The van der Waals surface area contributed by atoms with E-state index in [4.69, 9.17) is 4.74 Å². The van der Waals surface area contributed by atoms with Crippen LogP contribution in [0.1, 0.15) is 51.0 Å².